The Hall–Kier alpha value is -2.41. The molecule has 3 amide bonds. The van der Waals surface area contributed by atoms with Crippen LogP contribution >= 0.6 is 0 Å². The lowest BCUT2D eigenvalue weighted by atomic mass is 9.87. The lowest BCUT2D eigenvalue weighted by molar-refractivity contribution is -0.122. The van der Waals surface area contributed by atoms with Crippen LogP contribution in [0.3, 0.4) is 0 Å². The van der Waals surface area contributed by atoms with Crippen molar-refractivity contribution in [1.29, 1.82) is 0 Å². The third-order valence-corrected chi connectivity index (χ3v) is 5.07. The number of hydrogen-bond acceptors (Lipinski definition) is 4. The van der Waals surface area contributed by atoms with E-state index in [0.29, 0.717) is 25.1 Å². The maximum Gasteiger partial charge on any atom is 0.249 e. The van der Waals surface area contributed by atoms with Crippen molar-refractivity contribution in [3.8, 4) is 0 Å². The number of hydrogen-bond donors (Lipinski definition) is 4. The number of unbranched alkanes of at least 4 members (excludes halogenated alkanes) is 6. The van der Waals surface area contributed by atoms with E-state index in [1.807, 2.05) is 0 Å². The average Bonchev–Trinajstić information content (AvgIpc) is 2.69. The number of primary amides is 2. The smallest absolute Gasteiger partial charge is 0.249 e. The highest BCUT2D eigenvalue weighted by Crippen LogP contribution is 2.27. The van der Waals surface area contributed by atoms with E-state index in [9.17, 15) is 14.4 Å². The number of carbonyl (C=O) groups is 3. The second-order valence-corrected chi connectivity index (χ2v) is 7.43. The minimum absolute atomic E-state index is 0.167. The maximum absolute atomic E-state index is 12.9. The van der Waals surface area contributed by atoms with Gasteiger partial charge in [-0.15, -0.1) is 0 Å². The van der Waals surface area contributed by atoms with E-state index in [-0.39, 0.29) is 17.0 Å². The largest absolute Gasteiger partial charge is 0.366 e. The van der Waals surface area contributed by atoms with Gasteiger partial charge in [-0.25, -0.2) is 0 Å². The molecule has 29 heavy (non-hydrogen) atoms. The third kappa shape index (κ3) is 8.64. The van der Waals surface area contributed by atoms with E-state index < -0.39 is 17.7 Å². The molecule has 162 valence electrons. The Balaban J connectivity index is 2.91. The van der Waals surface area contributed by atoms with Crippen LogP contribution < -0.4 is 22.5 Å². The Kier molecular flexibility index (Phi) is 11.6. The lowest BCUT2D eigenvalue weighted by Crippen LogP contribution is -2.32. The Morgan fingerprint density at radius 1 is 0.931 bits per heavy atom. The molecule has 7 heteroatoms. The van der Waals surface area contributed by atoms with Crippen LogP contribution in [0.1, 0.15) is 96.9 Å². The number of benzene rings is 1. The molecule has 1 atom stereocenters. The molecule has 0 fully saturated rings. The highest BCUT2D eigenvalue weighted by Gasteiger charge is 2.25. The summed E-state index contributed by atoms with van der Waals surface area (Å²) in [6.07, 6.45) is 8.81. The van der Waals surface area contributed by atoms with E-state index >= 15 is 0 Å². The molecule has 0 spiro atoms. The highest BCUT2D eigenvalue weighted by molar-refractivity contribution is 6.00. The first-order chi connectivity index (χ1) is 13.9. The minimum Gasteiger partial charge on any atom is -0.366 e. The summed E-state index contributed by atoms with van der Waals surface area (Å²) in [5, 5.41) is 2.98. The predicted octanol–water partition coefficient (Wildman–Crippen LogP) is 2.57. The third-order valence-electron chi connectivity index (χ3n) is 5.07. The van der Waals surface area contributed by atoms with Crippen molar-refractivity contribution in [3.05, 3.63) is 34.9 Å². The molecule has 0 radical (unpaired) electrons. The summed E-state index contributed by atoms with van der Waals surface area (Å²) in [6.45, 7) is 3.29. The number of amides is 3. The van der Waals surface area contributed by atoms with Crippen molar-refractivity contribution in [2.75, 3.05) is 13.1 Å². The fraction of sp³-hybridized carbons (Fsp3) is 0.591. The monoisotopic (exact) mass is 404 g/mol. The topological polar surface area (TPSA) is 141 Å². The van der Waals surface area contributed by atoms with Crippen LogP contribution in [0.25, 0.3) is 0 Å². The van der Waals surface area contributed by atoms with Gasteiger partial charge >= 0.3 is 0 Å². The highest BCUT2D eigenvalue weighted by atomic mass is 16.2. The van der Waals surface area contributed by atoms with Gasteiger partial charge in [-0.1, -0.05) is 45.4 Å². The van der Waals surface area contributed by atoms with Crippen LogP contribution in [-0.2, 0) is 4.79 Å². The molecule has 0 aliphatic heterocycles. The zero-order chi connectivity index (χ0) is 21.6. The summed E-state index contributed by atoms with van der Waals surface area (Å²) < 4.78 is 0. The van der Waals surface area contributed by atoms with Crippen LogP contribution in [0.5, 0.6) is 0 Å². The molecule has 7 N–H and O–H groups in total. The van der Waals surface area contributed by atoms with Crippen molar-refractivity contribution in [2.45, 2.75) is 70.6 Å². The summed E-state index contributed by atoms with van der Waals surface area (Å²) in [5.41, 5.74) is 17.4. The molecular formula is C22H36N4O3. The van der Waals surface area contributed by atoms with Gasteiger partial charge < -0.3 is 22.5 Å². The number of carbonyl (C=O) groups excluding carboxylic acids is 3. The predicted molar refractivity (Wildman–Crippen MR) is 116 cm³/mol. The van der Waals surface area contributed by atoms with Crippen LogP contribution in [0.4, 0.5) is 0 Å². The van der Waals surface area contributed by atoms with Gasteiger partial charge in [0, 0.05) is 17.7 Å². The van der Waals surface area contributed by atoms with Crippen molar-refractivity contribution >= 4 is 17.7 Å². The van der Waals surface area contributed by atoms with Crippen molar-refractivity contribution < 1.29 is 14.4 Å². The van der Waals surface area contributed by atoms with Crippen LogP contribution in [-0.4, -0.2) is 30.8 Å². The number of nitrogens with one attached hydrogen (secondary N) is 1. The van der Waals surface area contributed by atoms with Gasteiger partial charge in [-0.2, -0.15) is 0 Å². The number of rotatable bonds is 15. The molecule has 1 aromatic carbocycles. The zero-order valence-corrected chi connectivity index (χ0v) is 17.5. The standard InChI is InChI=1S/C22H36N4O3/c1-2-3-4-5-6-9-14-26-22(29)18(10-7-8-13-23)19-15-16(20(24)27)11-12-17(19)21(25)28/h11-12,15,18H,2-10,13-14,23H2,1H3,(H2,24,27)(H2,25,28)(H,26,29)/t18-/m0/s1. The molecule has 0 saturated carbocycles. The summed E-state index contributed by atoms with van der Waals surface area (Å²) in [6, 6.07) is 4.44. The van der Waals surface area contributed by atoms with E-state index in [0.717, 1.165) is 32.1 Å². The van der Waals surface area contributed by atoms with E-state index in [4.69, 9.17) is 17.2 Å². The minimum atomic E-state index is -0.636. The Morgan fingerprint density at radius 3 is 2.24 bits per heavy atom. The van der Waals surface area contributed by atoms with Crippen molar-refractivity contribution in [2.24, 2.45) is 17.2 Å². The van der Waals surface area contributed by atoms with Gasteiger partial charge in [-0.3, -0.25) is 14.4 Å². The first-order valence-electron chi connectivity index (χ1n) is 10.6. The Morgan fingerprint density at radius 2 is 1.62 bits per heavy atom. The lowest BCUT2D eigenvalue weighted by Gasteiger charge is -2.20. The Bertz CT molecular complexity index is 676. The molecule has 0 aromatic heterocycles. The molecule has 0 unspecified atom stereocenters. The number of nitrogens with two attached hydrogens (primary N) is 3. The molecule has 0 bridgehead atoms. The first-order valence-corrected chi connectivity index (χ1v) is 10.6. The van der Waals surface area contributed by atoms with Crippen LogP contribution in [0.15, 0.2) is 18.2 Å². The SMILES string of the molecule is CCCCCCCCNC(=O)[C@@H](CCCCN)c1cc(C(N)=O)ccc1C(N)=O. The quantitative estimate of drug-likeness (QED) is 0.333. The van der Waals surface area contributed by atoms with E-state index in [1.54, 1.807) is 0 Å². The van der Waals surface area contributed by atoms with E-state index in [1.165, 1.54) is 37.5 Å². The van der Waals surface area contributed by atoms with Gasteiger partial charge in [0.2, 0.25) is 17.7 Å². The molecule has 0 heterocycles. The van der Waals surface area contributed by atoms with Gasteiger partial charge in [0.25, 0.3) is 0 Å². The molecule has 0 aliphatic rings. The second kappa shape index (κ2) is 13.7. The summed E-state index contributed by atoms with van der Waals surface area (Å²) in [5.74, 6) is -2.00. The molecule has 7 nitrogen and oxygen atoms in total. The van der Waals surface area contributed by atoms with Crippen molar-refractivity contribution in [3.63, 3.8) is 0 Å². The molecule has 1 aromatic rings. The van der Waals surface area contributed by atoms with Gasteiger partial charge in [-0.05, 0) is 49.6 Å². The molecule has 1 rings (SSSR count). The summed E-state index contributed by atoms with van der Waals surface area (Å²) in [7, 11) is 0. The average molecular weight is 405 g/mol. The van der Waals surface area contributed by atoms with Gasteiger partial charge in [0.05, 0.1) is 5.92 Å². The Labute approximate surface area is 173 Å². The van der Waals surface area contributed by atoms with Gasteiger partial charge in [0.1, 0.15) is 0 Å². The fourth-order valence-corrected chi connectivity index (χ4v) is 3.39. The molecule has 0 aliphatic carbocycles. The van der Waals surface area contributed by atoms with Crippen LogP contribution in [0, 0.1) is 0 Å². The maximum atomic E-state index is 12.9. The summed E-state index contributed by atoms with van der Waals surface area (Å²) >= 11 is 0. The zero-order valence-electron chi connectivity index (χ0n) is 17.5. The first kappa shape index (κ1) is 24.6. The summed E-state index contributed by atoms with van der Waals surface area (Å²) in [4.78, 5) is 36.4. The van der Waals surface area contributed by atoms with Crippen LogP contribution in [0.2, 0.25) is 0 Å². The molecule has 0 saturated heterocycles. The molecular weight excluding hydrogens is 368 g/mol. The normalized spacial score (nSPS) is 11.8. The van der Waals surface area contributed by atoms with Gasteiger partial charge in [0.15, 0.2) is 0 Å². The van der Waals surface area contributed by atoms with Crippen molar-refractivity contribution in [1.82, 2.24) is 5.32 Å². The van der Waals surface area contributed by atoms with E-state index in [2.05, 4.69) is 12.2 Å². The second-order valence-electron chi connectivity index (χ2n) is 7.43. The fourth-order valence-electron chi connectivity index (χ4n) is 3.39.